The molecule has 0 rings (SSSR count). The molecule has 0 aliphatic heterocycles. The van der Waals surface area contributed by atoms with Crippen molar-refractivity contribution < 1.29 is 24.3 Å². The minimum Gasteiger partial charge on any atom is -0.480 e. The Bertz CT molecular complexity index is 396. The number of aliphatic carboxylic acids is 1. The van der Waals surface area contributed by atoms with Crippen LogP contribution < -0.4 is 21.7 Å². The Balaban J connectivity index is 4.42. The molecule has 0 aromatic rings. The molecule has 9 nitrogen and oxygen atoms in total. The van der Waals surface area contributed by atoms with Crippen molar-refractivity contribution in [2.75, 3.05) is 0 Å². The zero-order valence-electron chi connectivity index (χ0n) is 11.6. The van der Waals surface area contributed by atoms with Crippen LogP contribution in [0.4, 0.5) is 4.79 Å². The van der Waals surface area contributed by atoms with Crippen LogP contribution in [-0.4, -0.2) is 47.0 Å². The smallest absolute Gasteiger partial charge is 0.326 e. The second kappa shape index (κ2) is 7.97. The molecule has 0 fully saturated rings. The van der Waals surface area contributed by atoms with Gasteiger partial charge in [-0.1, -0.05) is 0 Å². The van der Waals surface area contributed by atoms with Crippen LogP contribution in [0.2, 0.25) is 0 Å². The van der Waals surface area contributed by atoms with Gasteiger partial charge in [0.2, 0.25) is 11.8 Å². The number of hydrogen-bond donors (Lipinski definition) is 5. The van der Waals surface area contributed by atoms with E-state index in [-0.39, 0.29) is 6.04 Å². The number of carboxylic acid groups (broad SMARTS) is 1. The number of nitrogens with two attached hydrogens (primary N) is 1. The zero-order valence-corrected chi connectivity index (χ0v) is 11.6. The van der Waals surface area contributed by atoms with Crippen molar-refractivity contribution in [3.8, 4) is 0 Å². The lowest BCUT2D eigenvalue weighted by molar-refractivity contribution is -0.140. The van der Waals surface area contributed by atoms with Gasteiger partial charge < -0.3 is 26.8 Å². The number of carboxylic acids is 1. The third-order valence-corrected chi connectivity index (χ3v) is 2.18. The van der Waals surface area contributed by atoms with Crippen LogP contribution in [-0.2, 0) is 14.4 Å². The quantitative estimate of drug-likeness (QED) is 0.387. The van der Waals surface area contributed by atoms with E-state index in [1.165, 1.54) is 6.92 Å². The molecule has 0 saturated carbocycles. The van der Waals surface area contributed by atoms with Crippen LogP contribution in [0, 0.1) is 0 Å². The van der Waals surface area contributed by atoms with Crippen LogP contribution in [0.5, 0.6) is 0 Å². The molecular formula is C11H20N4O5. The minimum absolute atomic E-state index is 0.0866. The normalized spacial score (nSPS) is 13.2. The van der Waals surface area contributed by atoms with Crippen molar-refractivity contribution in [1.82, 2.24) is 16.0 Å². The number of urea groups is 1. The molecule has 0 aliphatic carbocycles. The highest BCUT2D eigenvalue weighted by atomic mass is 16.4. The van der Waals surface area contributed by atoms with E-state index in [9.17, 15) is 19.2 Å². The molecule has 0 aliphatic rings. The van der Waals surface area contributed by atoms with Gasteiger partial charge in [0.05, 0.1) is 6.42 Å². The van der Waals surface area contributed by atoms with Crippen molar-refractivity contribution in [3.05, 3.63) is 0 Å². The molecule has 2 atom stereocenters. The number of amides is 4. The molecular weight excluding hydrogens is 268 g/mol. The summed E-state index contributed by atoms with van der Waals surface area (Å²) in [4.78, 5) is 44.5. The summed E-state index contributed by atoms with van der Waals surface area (Å²) in [6.45, 7) is 4.97. The van der Waals surface area contributed by atoms with Gasteiger partial charge in [0.1, 0.15) is 12.1 Å². The number of carbonyl (C=O) groups excluding carboxylic acids is 3. The predicted molar refractivity (Wildman–Crippen MR) is 69.6 cm³/mol. The molecule has 0 aromatic carbocycles. The summed E-state index contributed by atoms with van der Waals surface area (Å²) in [5, 5.41) is 15.7. The number of hydrogen-bond acceptors (Lipinski definition) is 4. The minimum atomic E-state index is -1.44. The first-order valence-corrected chi connectivity index (χ1v) is 6.02. The average Bonchev–Trinajstić information content (AvgIpc) is 2.25. The van der Waals surface area contributed by atoms with Gasteiger partial charge in [-0.15, -0.1) is 0 Å². The molecule has 9 heteroatoms. The summed E-state index contributed by atoms with van der Waals surface area (Å²) >= 11 is 0. The maximum atomic E-state index is 11.5. The summed E-state index contributed by atoms with van der Waals surface area (Å²) in [7, 11) is 0. The number of rotatable bonds is 7. The highest BCUT2D eigenvalue weighted by Crippen LogP contribution is 1.92. The first-order chi connectivity index (χ1) is 9.13. The molecule has 0 saturated heterocycles. The van der Waals surface area contributed by atoms with Gasteiger partial charge in [-0.25, -0.2) is 9.59 Å². The fourth-order valence-electron chi connectivity index (χ4n) is 1.27. The lowest BCUT2D eigenvalue weighted by Gasteiger charge is -2.18. The van der Waals surface area contributed by atoms with Crippen LogP contribution in [0.3, 0.4) is 0 Å². The lowest BCUT2D eigenvalue weighted by atomic mass is 10.2. The maximum absolute atomic E-state index is 11.5. The molecule has 4 amide bonds. The number of primary amides is 1. The number of carbonyl (C=O) groups is 4. The van der Waals surface area contributed by atoms with E-state index >= 15 is 0 Å². The van der Waals surface area contributed by atoms with E-state index in [2.05, 4.69) is 16.0 Å². The summed E-state index contributed by atoms with van der Waals surface area (Å²) in [6.07, 6.45) is -0.532. The molecule has 20 heavy (non-hydrogen) atoms. The van der Waals surface area contributed by atoms with Crippen molar-refractivity contribution in [2.24, 2.45) is 5.73 Å². The fraction of sp³-hybridized carbons (Fsp3) is 0.636. The van der Waals surface area contributed by atoms with E-state index in [1.807, 2.05) is 0 Å². The summed E-state index contributed by atoms with van der Waals surface area (Å²) in [6, 6.07) is -3.24. The number of nitrogens with one attached hydrogen (secondary N) is 3. The van der Waals surface area contributed by atoms with E-state index in [0.29, 0.717) is 0 Å². The lowest BCUT2D eigenvalue weighted by Crippen LogP contribution is -2.53. The zero-order chi connectivity index (χ0) is 15.9. The van der Waals surface area contributed by atoms with Gasteiger partial charge >= 0.3 is 12.0 Å². The summed E-state index contributed by atoms with van der Waals surface area (Å²) < 4.78 is 0. The second-order valence-electron chi connectivity index (χ2n) is 4.56. The summed E-state index contributed by atoms with van der Waals surface area (Å²) in [5.74, 6) is -2.65. The third kappa shape index (κ3) is 7.19. The standard InChI is InChI=1S/C11H20N4O5/c1-5(2)13-9(17)6(3)14-11(20)15-7(10(18)19)4-8(12)16/h5-7H,4H2,1-3H3,(H2,12,16)(H,13,17)(H,18,19)(H2,14,15,20). The predicted octanol–water partition coefficient (Wildman–Crippen LogP) is -1.47. The first kappa shape index (κ1) is 17.7. The van der Waals surface area contributed by atoms with Crippen LogP contribution in [0.25, 0.3) is 0 Å². The Morgan fingerprint density at radius 2 is 1.60 bits per heavy atom. The highest BCUT2D eigenvalue weighted by molar-refractivity contribution is 5.90. The van der Waals surface area contributed by atoms with E-state index in [4.69, 9.17) is 10.8 Å². The monoisotopic (exact) mass is 288 g/mol. The van der Waals surface area contributed by atoms with Crippen LogP contribution >= 0.6 is 0 Å². The molecule has 0 bridgehead atoms. The van der Waals surface area contributed by atoms with Gasteiger partial charge in [0.15, 0.2) is 0 Å². The van der Waals surface area contributed by atoms with E-state index < -0.39 is 42.3 Å². The Morgan fingerprint density at radius 3 is 2.00 bits per heavy atom. The van der Waals surface area contributed by atoms with Gasteiger partial charge in [0.25, 0.3) is 0 Å². The molecule has 114 valence electrons. The average molecular weight is 288 g/mol. The largest absolute Gasteiger partial charge is 0.480 e. The van der Waals surface area contributed by atoms with Crippen LogP contribution in [0.1, 0.15) is 27.2 Å². The second-order valence-corrected chi connectivity index (χ2v) is 4.56. The Morgan fingerprint density at radius 1 is 1.05 bits per heavy atom. The van der Waals surface area contributed by atoms with Gasteiger partial charge in [0, 0.05) is 6.04 Å². The highest BCUT2D eigenvalue weighted by Gasteiger charge is 2.24. The van der Waals surface area contributed by atoms with Gasteiger partial charge in [-0.2, -0.15) is 0 Å². The Labute approximate surface area is 116 Å². The van der Waals surface area contributed by atoms with Gasteiger partial charge in [-0.05, 0) is 20.8 Å². The molecule has 0 spiro atoms. The SMILES string of the molecule is CC(C)NC(=O)C(C)NC(=O)NC(CC(N)=O)C(=O)O. The Hall–Kier alpha value is -2.32. The first-order valence-electron chi connectivity index (χ1n) is 6.02. The molecule has 2 unspecified atom stereocenters. The topological polar surface area (TPSA) is 151 Å². The maximum Gasteiger partial charge on any atom is 0.326 e. The molecule has 6 N–H and O–H groups in total. The summed E-state index contributed by atoms with van der Waals surface area (Å²) in [5.41, 5.74) is 4.87. The van der Waals surface area contributed by atoms with Gasteiger partial charge in [-0.3, -0.25) is 9.59 Å². The van der Waals surface area contributed by atoms with Crippen molar-refractivity contribution in [1.29, 1.82) is 0 Å². The molecule has 0 aromatic heterocycles. The Kier molecular flexibility index (Phi) is 7.05. The van der Waals surface area contributed by atoms with Crippen molar-refractivity contribution in [2.45, 2.75) is 45.3 Å². The van der Waals surface area contributed by atoms with Crippen LogP contribution in [0.15, 0.2) is 0 Å². The molecule has 0 heterocycles. The van der Waals surface area contributed by atoms with E-state index in [1.54, 1.807) is 13.8 Å². The molecule has 0 radical (unpaired) electrons. The third-order valence-electron chi connectivity index (χ3n) is 2.18. The van der Waals surface area contributed by atoms with Crippen molar-refractivity contribution >= 4 is 23.8 Å². The fourth-order valence-corrected chi connectivity index (χ4v) is 1.27. The van der Waals surface area contributed by atoms with E-state index in [0.717, 1.165) is 0 Å². The van der Waals surface area contributed by atoms with Crippen molar-refractivity contribution in [3.63, 3.8) is 0 Å².